The van der Waals surface area contributed by atoms with Gasteiger partial charge in [-0.25, -0.2) is 13.4 Å². The minimum absolute atomic E-state index is 0.203. The van der Waals surface area contributed by atoms with E-state index in [9.17, 15) is 8.42 Å². The minimum atomic E-state index is -3.68. The number of fused-ring (bicyclic) bond motifs is 3. The van der Waals surface area contributed by atoms with Crippen LogP contribution >= 0.6 is 0 Å². The molecule has 0 amide bonds. The fraction of sp³-hybridized carbons (Fsp3) is 0.125. The van der Waals surface area contributed by atoms with Gasteiger partial charge >= 0.3 is 0 Å². The van der Waals surface area contributed by atoms with E-state index in [-0.39, 0.29) is 4.90 Å². The molecule has 2 aromatic heterocycles. The smallest absolute Gasteiger partial charge is 0.266 e. The lowest BCUT2D eigenvalue weighted by molar-refractivity contribution is 0.467. The number of hydrogen-bond donors (Lipinski definition) is 1. The Bertz CT molecular complexity index is 1560. The molecule has 33 heavy (non-hydrogen) atoms. The molecule has 2 heterocycles. The first-order valence-electron chi connectivity index (χ1n) is 10.4. The van der Waals surface area contributed by atoms with Gasteiger partial charge in [-0.2, -0.15) is 0 Å². The third-order valence-electron chi connectivity index (χ3n) is 5.23. The van der Waals surface area contributed by atoms with Crippen LogP contribution in [0.3, 0.4) is 0 Å². The van der Waals surface area contributed by atoms with Crippen LogP contribution in [-0.4, -0.2) is 28.0 Å². The first-order chi connectivity index (χ1) is 15.9. The second kappa shape index (κ2) is 8.18. The summed E-state index contributed by atoms with van der Waals surface area (Å²) in [7, 11) is -3.68. The zero-order valence-electron chi connectivity index (χ0n) is 18.1. The van der Waals surface area contributed by atoms with Crippen LogP contribution in [-0.2, 0) is 16.4 Å². The summed E-state index contributed by atoms with van der Waals surface area (Å²) in [4.78, 5) is 4.82. The third-order valence-corrected chi connectivity index (χ3v) is 6.63. The van der Waals surface area contributed by atoms with Crippen LogP contribution in [0, 0.1) is 6.92 Å². The van der Waals surface area contributed by atoms with Crippen LogP contribution in [0.1, 0.15) is 18.3 Å². The molecule has 5 rings (SSSR count). The van der Waals surface area contributed by atoms with Gasteiger partial charge in [0.25, 0.3) is 15.9 Å². The van der Waals surface area contributed by atoms with E-state index in [0.29, 0.717) is 29.4 Å². The summed E-state index contributed by atoms with van der Waals surface area (Å²) < 4.78 is 35.8. The fourth-order valence-electron chi connectivity index (χ4n) is 3.55. The molecule has 0 saturated carbocycles. The summed E-state index contributed by atoms with van der Waals surface area (Å²) in [6.45, 7) is 3.92. The Kier molecular flexibility index (Phi) is 5.18. The van der Waals surface area contributed by atoms with Crippen molar-refractivity contribution in [1.82, 2.24) is 19.6 Å². The van der Waals surface area contributed by atoms with Gasteiger partial charge in [-0.1, -0.05) is 36.8 Å². The van der Waals surface area contributed by atoms with Gasteiger partial charge in [0.1, 0.15) is 11.6 Å². The van der Waals surface area contributed by atoms with Crippen molar-refractivity contribution in [2.45, 2.75) is 25.2 Å². The minimum Gasteiger partial charge on any atom is -0.436 e. The average molecular weight is 460 g/mol. The molecule has 0 saturated heterocycles. The molecule has 0 atom stereocenters. The van der Waals surface area contributed by atoms with Crippen molar-refractivity contribution in [3.8, 4) is 11.6 Å². The van der Waals surface area contributed by atoms with Gasteiger partial charge in [0.15, 0.2) is 0 Å². The molecule has 0 bridgehead atoms. The van der Waals surface area contributed by atoms with Crippen LogP contribution in [0.4, 0.5) is 5.69 Å². The van der Waals surface area contributed by atoms with E-state index in [1.807, 2.05) is 42.5 Å². The third kappa shape index (κ3) is 3.98. The van der Waals surface area contributed by atoms with Crippen molar-refractivity contribution < 1.29 is 13.2 Å². The van der Waals surface area contributed by atoms with Crippen molar-refractivity contribution in [3.05, 3.63) is 84.2 Å². The lowest BCUT2D eigenvalue weighted by Crippen LogP contribution is -2.12. The maximum Gasteiger partial charge on any atom is 0.266 e. The van der Waals surface area contributed by atoms with Crippen molar-refractivity contribution in [2.75, 3.05) is 4.72 Å². The topological polar surface area (TPSA) is 98.5 Å². The largest absolute Gasteiger partial charge is 0.436 e. The van der Waals surface area contributed by atoms with E-state index >= 15 is 0 Å². The van der Waals surface area contributed by atoms with E-state index in [1.54, 1.807) is 48.5 Å². The Labute approximate surface area is 190 Å². The highest BCUT2D eigenvalue weighted by molar-refractivity contribution is 7.92. The molecule has 166 valence electrons. The van der Waals surface area contributed by atoms with E-state index in [0.717, 1.165) is 22.4 Å². The molecular weight excluding hydrogens is 438 g/mol. The molecule has 3 aromatic carbocycles. The number of hydrogen-bond acceptors (Lipinski definition) is 6. The highest BCUT2D eigenvalue weighted by atomic mass is 32.2. The number of nitrogens with one attached hydrogen (secondary N) is 1. The number of aryl methyl sites for hydroxylation is 2. The first-order valence-corrected chi connectivity index (χ1v) is 11.9. The standard InChI is InChI=1S/C24H21N5O3S/c1-3-22-26-27-23-24(25-20-6-4-5-7-21(20)29(22)23)32-18-12-10-17(11-13-18)28-33(30,31)19-14-8-16(2)9-15-19/h4-15,28H,3H2,1-2H3. The van der Waals surface area contributed by atoms with Crippen LogP contribution in [0.5, 0.6) is 11.6 Å². The van der Waals surface area contributed by atoms with Crippen LogP contribution in [0.25, 0.3) is 16.7 Å². The molecule has 8 nitrogen and oxygen atoms in total. The molecule has 0 aliphatic rings. The van der Waals surface area contributed by atoms with E-state index in [2.05, 4.69) is 19.9 Å². The maximum atomic E-state index is 12.6. The van der Waals surface area contributed by atoms with Gasteiger partial charge in [0, 0.05) is 12.1 Å². The summed E-state index contributed by atoms with van der Waals surface area (Å²) in [5.74, 6) is 1.64. The predicted octanol–water partition coefficient (Wildman–Crippen LogP) is 4.74. The summed E-state index contributed by atoms with van der Waals surface area (Å²) in [5, 5.41) is 8.55. The van der Waals surface area contributed by atoms with Crippen LogP contribution < -0.4 is 9.46 Å². The quantitative estimate of drug-likeness (QED) is 0.394. The number of nitrogens with zero attached hydrogens (tertiary/aromatic N) is 4. The maximum absolute atomic E-state index is 12.6. The van der Waals surface area contributed by atoms with E-state index < -0.39 is 10.0 Å². The Hall–Kier alpha value is -3.98. The van der Waals surface area contributed by atoms with Gasteiger partial charge in [0.2, 0.25) is 5.65 Å². The molecule has 0 aliphatic heterocycles. The van der Waals surface area contributed by atoms with Crippen LogP contribution in [0.15, 0.2) is 77.7 Å². The summed E-state index contributed by atoms with van der Waals surface area (Å²) in [5.41, 5.74) is 3.61. The highest BCUT2D eigenvalue weighted by Crippen LogP contribution is 2.29. The van der Waals surface area contributed by atoms with E-state index in [1.165, 1.54) is 0 Å². The number of ether oxygens (including phenoxy) is 1. The van der Waals surface area contributed by atoms with Gasteiger partial charge in [-0.3, -0.25) is 9.12 Å². The summed E-state index contributed by atoms with van der Waals surface area (Å²) in [6.07, 6.45) is 0.713. The Morgan fingerprint density at radius 2 is 1.67 bits per heavy atom. The number of aromatic nitrogens is 4. The lowest BCUT2D eigenvalue weighted by Gasteiger charge is -2.11. The molecule has 5 aromatic rings. The van der Waals surface area contributed by atoms with Crippen molar-refractivity contribution in [2.24, 2.45) is 0 Å². The number of para-hydroxylation sites is 2. The fourth-order valence-corrected chi connectivity index (χ4v) is 4.61. The van der Waals surface area contributed by atoms with Crippen LogP contribution in [0.2, 0.25) is 0 Å². The lowest BCUT2D eigenvalue weighted by atomic mass is 10.2. The van der Waals surface area contributed by atoms with Gasteiger partial charge in [0.05, 0.1) is 15.9 Å². The second-order valence-corrected chi connectivity index (χ2v) is 9.26. The number of benzene rings is 3. The number of sulfonamides is 1. The molecule has 9 heteroatoms. The van der Waals surface area contributed by atoms with Gasteiger partial charge in [-0.05, 0) is 55.5 Å². The zero-order chi connectivity index (χ0) is 23.0. The van der Waals surface area contributed by atoms with Crippen molar-refractivity contribution in [3.63, 3.8) is 0 Å². The Balaban J connectivity index is 1.44. The first kappa shape index (κ1) is 20.9. The predicted molar refractivity (Wildman–Crippen MR) is 126 cm³/mol. The SMILES string of the molecule is CCc1nnc2c(Oc3ccc(NS(=O)(=O)c4ccc(C)cc4)cc3)nc3ccccc3n12. The highest BCUT2D eigenvalue weighted by Gasteiger charge is 2.17. The Morgan fingerprint density at radius 1 is 0.939 bits per heavy atom. The summed E-state index contributed by atoms with van der Waals surface area (Å²) >= 11 is 0. The molecule has 1 N–H and O–H groups in total. The molecule has 0 spiro atoms. The van der Waals surface area contributed by atoms with Gasteiger partial charge in [-0.15, -0.1) is 10.2 Å². The molecule has 0 radical (unpaired) electrons. The van der Waals surface area contributed by atoms with Gasteiger partial charge < -0.3 is 4.74 Å². The van der Waals surface area contributed by atoms with Crippen molar-refractivity contribution >= 4 is 32.4 Å². The number of rotatable bonds is 6. The normalized spacial score (nSPS) is 11.7. The summed E-state index contributed by atoms with van der Waals surface area (Å²) in [6, 6.07) is 21.0. The molecule has 0 unspecified atom stereocenters. The Morgan fingerprint density at radius 3 is 2.39 bits per heavy atom. The number of anilines is 1. The van der Waals surface area contributed by atoms with E-state index in [4.69, 9.17) is 4.74 Å². The molecular formula is C24H21N5O3S. The molecule has 0 fully saturated rings. The zero-order valence-corrected chi connectivity index (χ0v) is 18.9. The van der Waals surface area contributed by atoms with Crippen molar-refractivity contribution in [1.29, 1.82) is 0 Å². The average Bonchev–Trinajstić information content (AvgIpc) is 3.25. The second-order valence-electron chi connectivity index (χ2n) is 7.58. The molecule has 0 aliphatic carbocycles. The monoisotopic (exact) mass is 459 g/mol.